The molecule has 0 radical (unpaired) electrons. The fourth-order valence-corrected chi connectivity index (χ4v) is 2.56. The van der Waals surface area contributed by atoms with Gasteiger partial charge in [0.25, 0.3) is 0 Å². The SMILES string of the molecule is Cc1ccc(C)c(-c2ccc(CO)s2)c1. The van der Waals surface area contributed by atoms with Crippen molar-refractivity contribution in [1.82, 2.24) is 0 Å². The van der Waals surface area contributed by atoms with E-state index in [1.165, 1.54) is 21.6 Å². The first-order valence-electron chi connectivity index (χ1n) is 4.98. The maximum absolute atomic E-state index is 9.03. The van der Waals surface area contributed by atoms with Crippen molar-refractivity contribution < 1.29 is 5.11 Å². The Bertz CT molecular complexity index is 471. The summed E-state index contributed by atoms with van der Waals surface area (Å²) in [7, 11) is 0. The summed E-state index contributed by atoms with van der Waals surface area (Å²) in [6.45, 7) is 4.35. The highest BCUT2D eigenvalue weighted by atomic mass is 32.1. The van der Waals surface area contributed by atoms with E-state index in [1.807, 2.05) is 6.07 Å². The molecule has 1 aromatic carbocycles. The molecule has 15 heavy (non-hydrogen) atoms. The zero-order valence-electron chi connectivity index (χ0n) is 8.95. The van der Waals surface area contributed by atoms with E-state index in [9.17, 15) is 0 Å². The summed E-state index contributed by atoms with van der Waals surface area (Å²) in [5, 5.41) is 9.03. The molecular weight excluding hydrogens is 204 g/mol. The van der Waals surface area contributed by atoms with Gasteiger partial charge < -0.3 is 5.11 Å². The van der Waals surface area contributed by atoms with Crippen LogP contribution < -0.4 is 0 Å². The van der Waals surface area contributed by atoms with Gasteiger partial charge in [0.1, 0.15) is 0 Å². The quantitative estimate of drug-likeness (QED) is 0.817. The molecule has 1 aromatic heterocycles. The first-order chi connectivity index (χ1) is 7.20. The number of thiophene rings is 1. The molecule has 1 N–H and O–H groups in total. The fraction of sp³-hybridized carbons (Fsp3) is 0.231. The smallest absolute Gasteiger partial charge is 0.0774 e. The van der Waals surface area contributed by atoms with Crippen molar-refractivity contribution in [2.24, 2.45) is 0 Å². The van der Waals surface area contributed by atoms with E-state index in [2.05, 4.69) is 38.1 Å². The van der Waals surface area contributed by atoms with Gasteiger partial charge in [0.15, 0.2) is 0 Å². The van der Waals surface area contributed by atoms with Crippen LogP contribution in [0.1, 0.15) is 16.0 Å². The number of hydrogen-bond donors (Lipinski definition) is 1. The first-order valence-corrected chi connectivity index (χ1v) is 5.79. The molecule has 0 saturated heterocycles. The normalized spacial score (nSPS) is 10.6. The lowest BCUT2D eigenvalue weighted by atomic mass is 10.0. The monoisotopic (exact) mass is 218 g/mol. The van der Waals surface area contributed by atoms with Gasteiger partial charge in [-0.05, 0) is 37.1 Å². The number of aliphatic hydroxyl groups is 1. The molecule has 78 valence electrons. The number of hydrogen-bond acceptors (Lipinski definition) is 2. The van der Waals surface area contributed by atoms with Crippen LogP contribution in [0.15, 0.2) is 30.3 Å². The highest BCUT2D eigenvalue weighted by Gasteiger charge is 2.05. The van der Waals surface area contributed by atoms with Crippen molar-refractivity contribution in [2.45, 2.75) is 20.5 Å². The summed E-state index contributed by atoms with van der Waals surface area (Å²) in [5.41, 5.74) is 3.83. The van der Waals surface area contributed by atoms with Crippen LogP contribution in [0.3, 0.4) is 0 Å². The van der Waals surface area contributed by atoms with E-state index < -0.39 is 0 Å². The van der Waals surface area contributed by atoms with Gasteiger partial charge in [-0.25, -0.2) is 0 Å². The molecule has 0 aliphatic rings. The summed E-state index contributed by atoms with van der Waals surface area (Å²) in [6.07, 6.45) is 0. The average molecular weight is 218 g/mol. The van der Waals surface area contributed by atoms with Crippen LogP contribution >= 0.6 is 11.3 Å². The lowest BCUT2D eigenvalue weighted by molar-refractivity contribution is 0.285. The highest BCUT2D eigenvalue weighted by Crippen LogP contribution is 2.31. The summed E-state index contributed by atoms with van der Waals surface area (Å²) in [5.74, 6) is 0. The van der Waals surface area contributed by atoms with Gasteiger partial charge in [0.05, 0.1) is 6.61 Å². The molecule has 2 aromatic rings. The topological polar surface area (TPSA) is 20.2 Å². The molecule has 0 atom stereocenters. The van der Waals surface area contributed by atoms with Crippen LogP contribution in [0, 0.1) is 13.8 Å². The minimum absolute atomic E-state index is 0.134. The lowest BCUT2D eigenvalue weighted by Gasteiger charge is -2.04. The van der Waals surface area contributed by atoms with Crippen molar-refractivity contribution in [3.8, 4) is 10.4 Å². The Balaban J connectivity index is 2.48. The molecule has 0 amide bonds. The van der Waals surface area contributed by atoms with Gasteiger partial charge in [-0.1, -0.05) is 23.8 Å². The third-order valence-electron chi connectivity index (χ3n) is 2.48. The van der Waals surface area contributed by atoms with Crippen molar-refractivity contribution in [3.63, 3.8) is 0 Å². The highest BCUT2D eigenvalue weighted by molar-refractivity contribution is 7.15. The Kier molecular flexibility index (Phi) is 2.89. The van der Waals surface area contributed by atoms with Crippen LogP contribution in [-0.2, 0) is 6.61 Å². The molecular formula is C13H14OS. The van der Waals surface area contributed by atoms with Gasteiger partial charge in [-0.3, -0.25) is 0 Å². The average Bonchev–Trinajstić information content (AvgIpc) is 2.70. The second kappa shape index (κ2) is 4.17. The first kappa shape index (κ1) is 10.4. The maximum atomic E-state index is 9.03. The van der Waals surface area contributed by atoms with Crippen molar-refractivity contribution >= 4 is 11.3 Å². The number of aryl methyl sites for hydroxylation is 2. The minimum atomic E-state index is 0.134. The Labute approximate surface area is 94.0 Å². The van der Waals surface area contributed by atoms with Crippen LogP contribution in [0.25, 0.3) is 10.4 Å². The van der Waals surface area contributed by atoms with E-state index in [0.717, 1.165) is 4.88 Å². The zero-order valence-corrected chi connectivity index (χ0v) is 9.77. The van der Waals surface area contributed by atoms with Crippen molar-refractivity contribution in [1.29, 1.82) is 0 Å². The van der Waals surface area contributed by atoms with Gasteiger partial charge in [-0.15, -0.1) is 11.3 Å². The molecule has 2 heteroatoms. The molecule has 0 bridgehead atoms. The van der Waals surface area contributed by atoms with Crippen molar-refractivity contribution in [3.05, 3.63) is 46.3 Å². The van der Waals surface area contributed by atoms with Crippen LogP contribution in [-0.4, -0.2) is 5.11 Å². The second-order valence-corrected chi connectivity index (χ2v) is 4.91. The van der Waals surface area contributed by atoms with Gasteiger partial charge in [0, 0.05) is 9.75 Å². The Morgan fingerprint density at radius 2 is 1.93 bits per heavy atom. The van der Waals surface area contributed by atoms with E-state index in [4.69, 9.17) is 5.11 Å². The van der Waals surface area contributed by atoms with Gasteiger partial charge >= 0.3 is 0 Å². The van der Waals surface area contributed by atoms with E-state index in [-0.39, 0.29) is 6.61 Å². The summed E-state index contributed by atoms with van der Waals surface area (Å²) >= 11 is 1.66. The second-order valence-electron chi connectivity index (χ2n) is 3.74. The maximum Gasteiger partial charge on any atom is 0.0774 e. The molecule has 0 aliphatic carbocycles. The van der Waals surface area contributed by atoms with Crippen molar-refractivity contribution in [2.75, 3.05) is 0 Å². The molecule has 1 heterocycles. The zero-order chi connectivity index (χ0) is 10.8. The fourth-order valence-electron chi connectivity index (χ4n) is 1.61. The largest absolute Gasteiger partial charge is 0.391 e. The summed E-state index contributed by atoms with van der Waals surface area (Å²) in [4.78, 5) is 2.26. The molecule has 0 fully saturated rings. The predicted molar refractivity (Wildman–Crippen MR) is 65.2 cm³/mol. The van der Waals surface area contributed by atoms with Crippen LogP contribution in [0.2, 0.25) is 0 Å². The Hall–Kier alpha value is -1.12. The molecule has 0 unspecified atom stereocenters. The number of rotatable bonds is 2. The number of benzene rings is 1. The molecule has 2 rings (SSSR count). The molecule has 0 spiro atoms. The van der Waals surface area contributed by atoms with Crippen LogP contribution in [0.4, 0.5) is 0 Å². The van der Waals surface area contributed by atoms with E-state index in [0.29, 0.717) is 0 Å². The third kappa shape index (κ3) is 2.11. The number of aliphatic hydroxyl groups excluding tert-OH is 1. The van der Waals surface area contributed by atoms with E-state index in [1.54, 1.807) is 11.3 Å². The third-order valence-corrected chi connectivity index (χ3v) is 3.58. The molecule has 1 nitrogen and oxygen atoms in total. The lowest BCUT2D eigenvalue weighted by Crippen LogP contribution is -1.81. The Morgan fingerprint density at radius 1 is 1.13 bits per heavy atom. The Morgan fingerprint density at radius 3 is 2.60 bits per heavy atom. The standard InChI is InChI=1S/C13H14OS/c1-9-3-4-10(2)12(7-9)13-6-5-11(8-14)15-13/h3-7,14H,8H2,1-2H3. The predicted octanol–water partition coefficient (Wildman–Crippen LogP) is 3.52. The van der Waals surface area contributed by atoms with Gasteiger partial charge in [0.2, 0.25) is 0 Å². The summed E-state index contributed by atoms with van der Waals surface area (Å²) < 4.78 is 0. The molecule has 0 aliphatic heterocycles. The summed E-state index contributed by atoms with van der Waals surface area (Å²) in [6, 6.07) is 10.5. The minimum Gasteiger partial charge on any atom is -0.391 e. The van der Waals surface area contributed by atoms with Gasteiger partial charge in [-0.2, -0.15) is 0 Å². The van der Waals surface area contributed by atoms with E-state index >= 15 is 0 Å². The van der Waals surface area contributed by atoms with Crippen LogP contribution in [0.5, 0.6) is 0 Å². The molecule has 0 saturated carbocycles.